The number of halogens is 3. The lowest BCUT2D eigenvalue weighted by Gasteiger charge is -2.06. The molecule has 1 aromatic carbocycles. The molecule has 0 radical (unpaired) electrons. The van der Waals surface area contributed by atoms with Gasteiger partial charge >= 0.3 is 6.18 Å². The molecule has 1 heterocycles. The number of hydrogen-bond acceptors (Lipinski definition) is 2. The summed E-state index contributed by atoms with van der Waals surface area (Å²) in [5.74, 6) is -0.736. The number of benzene rings is 1. The Bertz CT molecular complexity index is 392. The summed E-state index contributed by atoms with van der Waals surface area (Å²) in [7, 11) is 0. The molecule has 5 heteroatoms. The van der Waals surface area contributed by atoms with Gasteiger partial charge in [0.2, 0.25) is 0 Å². The zero-order valence-corrected chi connectivity index (χ0v) is 8.92. The summed E-state index contributed by atoms with van der Waals surface area (Å²) in [6, 6.07) is 8.43. The van der Waals surface area contributed by atoms with Crippen LogP contribution in [0.4, 0.5) is 13.2 Å². The maximum absolute atomic E-state index is 11.9. The Morgan fingerprint density at radius 3 is 1.81 bits per heavy atom. The summed E-state index contributed by atoms with van der Waals surface area (Å²) in [5.41, 5.74) is -1.000. The van der Waals surface area contributed by atoms with E-state index in [4.69, 9.17) is 5.11 Å². The number of hydrogen-bond donors (Lipinski definition) is 1. The lowest BCUT2D eigenvalue weighted by Crippen LogP contribution is -2.04. The Hall–Kier alpha value is -1.49. The SMILES string of the molecule is Oc1ccccc1C(F)(F)F.c1ccsc1. The highest BCUT2D eigenvalue weighted by atomic mass is 32.1. The van der Waals surface area contributed by atoms with Crippen molar-refractivity contribution in [2.24, 2.45) is 0 Å². The molecule has 1 nitrogen and oxygen atoms in total. The number of alkyl halides is 3. The molecule has 0 unspecified atom stereocenters. The van der Waals surface area contributed by atoms with Gasteiger partial charge in [-0.15, -0.1) is 0 Å². The second-order valence-corrected chi connectivity index (χ2v) is 3.62. The van der Waals surface area contributed by atoms with Gasteiger partial charge in [-0.2, -0.15) is 24.5 Å². The van der Waals surface area contributed by atoms with Gasteiger partial charge in [-0.1, -0.05) is 24.3 Å². The first-order chi connectivity index (χ1) is 7.52. The third-order valence-electron chi connectivity index (χ3n) is 1.63. The Balaban J connectivity index is 0.000000212. The third kappa shape index (κ3) is 3.94. The van der Waals surface area contributed by atoms with Crippen molar-refractivity contribution in [2.75, 3.05) is 0 Å². The highest BCUT2D eigenvalue weighted by Gasteiger charge is 2.33. The second kappa shape index (κ2) is 5.55. The molecular formula is C11H9F3OS. The normalized spacial score (nSPS) is 10.4. The number of phenolic OH excluding ortho intramolecular Hbond substituents is 1. The van der Waals surface area contributed by atoms with E-state index in [1.807, 2.05) is 22.9 Å². The summed E-state index contributed by atoms with van der Waals surface area (Å²) in [5, 5.41) is 12.8. The van der Waals surface area contributed by atoms with Crippen molar-refractivity contribution in [1.29, 1.82) is 0 Å². The molecule has 0 bridgehead atoms. The van der Waals surface area contributed by atoms with Crippen LogP contribution < -0.4 is 0 Å². The molecule has 0 fully saturated rings. The summed E-state index contributed by atoms with van der Waals surface area (Å²) < 4.78 is 35.7. The van der Waals surface area contributed by atoms with Crippen molar-refractivity contribution < 1.29 is 18.3 Å². The number of aromatic hydroxyl groups is 1. The Kier molecular flexibility index (Phi) is 4.37. The predicted octanol–water partition coefficient (Wildman–Crippen LogP) is 4.16. The minimum Gasteiger partial charge on any atom is -0.507 e. The minimum atomic E-state index is -4.47. The summed E-state index contributed by atoms with van der Waals surface area (Å²) >= 11 is 1.71. The molecule has 0 aliphatic heterocycles. The summed E-state index contributed by atoms with van der Waals surface area (Å²) in [6.45, 7) is 0. The van der Waals surface area contributed by atoms with Crippen LogP contribution in [0.2, 0.25) is 0 Å². The predicted molar refractivity (Wildman–Crippen MR) is 57.4 cm³/mol. The van der Waals surface area contributed by atoms with E-state index in [1.54, 1.807) is 11.3 Å². The van der Waals surface area contributed by atoms with Crippen molar-refractivity contribution in [1.82, 2.24) is 0 Å². The fourth-order valence-electron chi connectivity index (χ4n) is 0.940. The maximum Gasteiger partial charge on any atom is 0.419 e. The zero-order valence-electron chi connectivity index (χ0n) is 8.11. The monoisotopic (exact) mass is 246 g/mol. The Morgan fingerprint density at radius 1 is 0.938 bits per heavy atom. The van der Waals surface area contributed by atoms with Crippen molar-refractivity contribution in [3.8, 4) is 5.75 Å². The quantitative estimate of drug-likeness (QED) is 0.740. The van der Waals surface area contributed by atoms with Gasteiger partial charge in [0.15, 0.2) is 0 Å². The van der Waals surface area contributed by atoms with E-state index in [9.17, 15) is 13.2 Å². The number of thiophene rings is 1. The molecule has 2 aromatic rings. The van der Waals surface area contributed by atoms with Gasteiger partial charge in [-0.25, -0.2) is 0 Å². The molecule has 0 spiro atoms. The van der Waals surface area contributed by atoms with Gasteiger partial charge in [-0.05, 0) is 22.9 Å². The zero-order chi connectivity index (χ0) is 12.0. The molecule has 1 aromatic heterocycles. The average Bonchev–Trinajstić information content (AvgIpc) is 2.74. The fraction of sp³-hybridized carbons (Fsp3) is 0.0909. The Labute approximate surface area is 94.8 Å². The van der Waals surface area contributed by atoms with Gasteiger partial charge in [0.25, 0.3) is 0 Å². The van der Waals surface area contributed by atoms with E-state index >= 15 is 0 Å². The number of rotatable bonds is 0. The molecule has 0 aliphatic rings. The van der Waals surface area contributed by atoms with Crippen LogP contribution in [0.5, 0.6) is 5.75 Å². The van der Waals surface area contributed by atoms with Crippen LogP contribution in [0.3, 0.4) is 0 Å². The van der Waals surface area contributed by atoms with Crippen molar-refractivity contribution >= 4 is 11.3 Å². The van der Waals surface area contributed by atoms with E-state index < -0.39 is 17.5 Å². The van der Waals surface area contributed by atoms with Crippen LogP contribution in [0.15, 0.2) is 47.2 Å². The number of phenols is 1. The first kappa shape index (κ1) is 12.6. The van der Waals surface area contributed by atoms with Crippen molar-refractivity contribution in [3.05, 3.63) is 52.7 Å². The first-order valence-corrected chi connectivity index (χ1v) is 5.28. The topological polar surface area (TPSA) is 20.2 Å². The molecule has 0 atom stereocenters. The van der Waals surface area contributed by atoms with Gasteiger partial charge < -0.3 is 5.11 Å². The molecule has 0 saturated carbocycles. The standard InChI is InChI=1S/C7H5F3O.C4H4S/c8-7(9,10)5-3-1-2-4-6(5)11;1-2-4-5-3-1/h1-4,11H;1-4H. The Morgan fingerprint density at radius 2 is 1.50 bits per heavy atom. The van der Waals surface area contributed by atoms with Gasteiger partial charge in [0.1, 0.15) is 5.75 Å². The van der Waals surface area contributed by atoms with Crippen LogP contribution in [0, 0.1) is 0 Å². The van der Waals surface area contributed by atoms with Crippen LogP contribution in [0.1, 0.15) is 5.56 Å². The lowest BCUT2D eigenvalue weighted by molar-refractivity contribution is -0.138. The third-order valence-corrected chi connectivity index (χ3v) is 2.26. The average molecular weight is 246 g/mol. The van der Waals surface area contributed by atoms with E-state index in [2.05, 4.69) is 0 Å². The van der Waals surface area contributed by atoms with Crippen LogP contribution in [-0.2, 0) is 6.18 Å². The van der Waals surface area contributed by atoms with Crippen LogP contribution >= 0.6 is 11.3 Å². The molecule has 16 heavy (non-hydrogen) atoms. The highest BCUT2D eigenvalue weighted by molar-refractivity contribution is 7.07. The van der Waals surface area contributed by atoms with Crippen LogP contribution in [0.25, 0.3) is 0 Å². The summed E-state index contributed by atoms with van der Waals surface area (Å²) in [6.07, 6.45) is -4.47. The minimum absolute atomic E-state index is 0.736. The van der Waals surface area contributed by atoms with Gasteiger partial charge in [-0.3, -0.25) is 0 Å². The van der Waals surface area contributed by atoms with Crippen LogP contribution in [-0.4, -0.2) is 5.11 Å². The van der Waals surface area contributed by atoms with Crippen molar-refractivity contribution in [3.63, 3.8) is 0 Å². The van der Waals surface area contributed by atoms with E-state index in [1.165, 1.54) is 12.1 Å². The smallest absolute Gasteiger partial charge is 0.419 e. The van der Waals surface area contributed by atoms with E-state index in [0.717, 1.165) is 12.1 Å². The molecule has 0 aliphatic carbocycles. The lowest BCUT2D eigenvalue weighted by atomic mass is 10.2. The molecular weight excluding hydrogens is 237 g/mol. The first-order valence-electron chi connectivity index (χ1n) is 4.34. The van der Waals surface area contributed by atoms with Gasteiger partial charge in [0, 0.05) is 0 Å². The highest BCUT2D eigenvalue weighted by Crippen LogP contribution is 2.34. The summed E-state index contributed by atoms with van der Waals surface area (Å²) in [4.78, 5) is 0. The van der Waals surface area contributed by atoms with E-state index in [-0.39, 0.29) is 0 Å². The van der Waals surface area contributed by atoms with Crippen molar-refractivity contribution in [2.45, 2.75) is 6.18 Å². The number of para-hydroxylation sites is 1. The molecule has 2 rings (SSSR count). The molecule has 0 amide bonds. The molecule has 0 saturated heterocycles. The van der Waals surface area contributed by atoms with Gasteiger partial charge in [0.05, 0.1) is 5.56 Å². The molecule has 1 N–H and O–H groups in total. The maximum atomic E-state index is 11.9. The van der Waals surface area contributed by atoms with E-state index in [0.29, 0.717) is 0 Å². The second-order valence-electron chi connectivity index (χ2n) is 2.81. The fourth-order valence-corrected chi connectivity index (χ4v) is 1.39. The largest absolute Gasteiger partial charge is 0.507 e. The molecule has 86 valence electrons.